The van der Waals surface area contributed by atoms with Crippen LogP contribution in [0.2, 0.25) is 0 Å². The van der Waals surface area contributed by atoms with Crippen molar-refractivity contribution >= 4 is 11.8 Å². The molecule has 0 saturated carbocycles. The lowest BCUT2D eigenvalue weighted by molar-refractivity contribution is -0.159. The number of rotatable bonds is 4. The molecule has 1 aromatic heterocycles. The van der Waals surface area contributed by atoms with Crippen molar-refractivity contribution in [3.05, 3.63) is 65.5 Å². The lowest BCUT2D eigenvalue weighted by atomic mass is 9.73. The smallest absolute Gasteiger partial charge is 0.272 e. The van der Waals surface area contributed by atoms with E-state index in [2.05, 4.69) is 30.7 Å². The van der Waals surface area contributed by atoms with E-state index in [0.717, 1.165) is 17.5 Å². The molecule has 0 unspecified atom stereocenters. The second-order valence-electron chi connectivity index (χ2n) is 8.57. The molecular weight excluding hydrogens is 390 g/mol. The van der Waals surface area contributed by atoms with E-state index in [9.17, 15) is 14.7 Å². The SMILES string of the molecule is CC(C)CC#Cc1ccc([C@H]2[C@@H](CO)N3C(=O)CN(C(=O)c4ccccn4)C[C@@H]23)cc1. The van der Waals surface area contributed by atoms with E-state index in [4.69, 9.17) is 0 Å². The van der Waals surface area contributed by atoms with Gasteiger partial charge in [-0.3, -0.25) is 14.6 Å². The third-order valence-electron chi connectivity index (χ3n) is 5.96. The summed E-state index contributed by atoms with van der Waals surface area (Å²) in [5.74, 6) is 6.52. The average Bonchev–Trinajstić information content (AvgIpc) is 2.76. The molecule has 3 heterocycles. The number of benzene rings is 1. The van der Waals surface area contributed by atoms with E-state index in [-0.39, 0.29) is 43.0 Å². The first-order valence-corrected chi connectivity index (χ1v) is 10.7. The molecule has 6 nitrogen and oxygen atoms in total. The van der Waals surface area contributed by atoms with Gasteiger partial charge in [-0.25, -0.2) is 0 Å². The minimum atomic E-state index is -0.262. The third-order valence-corrected chi connectivity index (χ3v) is 5.96. The Hall–Kier alpha value is -3.17. The van der Waals surface area contributed by atoms with Crippen molar-refractivity contribution in [2.75, 3.05) is 19.7 Å². The summed E-state index contributed by atoms with van der Waals surface area (Å²) in [6, 6.07) is 12.8. The third kappa shape index (κ3) is 4.19. The Morgan fingerprint density at radius 3 is 2.65 bits per heavy atom. The number of aliphatic hydroxyl groups is 1. The Balaban J connectivity index is 1.52. The van der Waals surface area contributed by atoms with Crippen molar-refractivity contribution in [3.8, 4) is 11.8 Å². The Kier molecular flexibility index (Phi) is 6.06. The maximum absolute atomic E-state index is 12.8. The molecule has 1 aromatic carbocycles. The van der Waals surface area contributed by atoms with Crippen molar-refractivity contribution in [2.45, 2.75) is 38.3 Å². The van der Waals surface area contributed by atoms with Crippen molar-refractivity contribution in [1.82, 2.24) is 14.8 Å². The van der Waals surface area contributed by atoms with Gasteiger partial charge in [0.15, 0.2) is 0 Å². The molecule has 0 radical (unpaired) electrons. The highest BCUT2D eigenvalue weighted by atomic mass is 16.3. The number of piperazine rings is 1. The number of hydrogen-bond donors (Lipinski definition) is 1. The highest BCUT2D eigenvalue weighted by Gasteiger charge is 2.54. The summed E-state index contributed by atoms with van der Waals surface area (Å²) in [5, 5.41) is 9.94. The quantitative estimate of drug-likeness (QED) is 0.775. The topological polar surface area (TPSA) is 73.7 Å². The summed E-state index contributed by atoms with van der Waals surface area (Å²) >= 11 is 0. The zero-order valence-corrected chi connectivity index (χ0v) is 17.9. The van der Waals surface area contributed by atoms with Gasteiger partial charge in [0.25, 0.3) is 5.91 Å². The highest BCUT2D eigenvalue weighted by Crippen LogP contribution is 2.43. The summed E-state index contributed by atoms with van der Waals surface area (Å²) < 4.78 is 0. The van der Waals surface area contributed by atoms with Gasteiger partial charge in [-0.15, -0.1) is 0 Å². The van der Waals surface area contributed by atoms with E-state index < -0.39 is 0 Å². The molecule has 6 heteroatoms. The number of carbonyl (C=O) groups is 2. The van der Waals surface area contributed by atoms with Gasteiger partial charge in [0.1, 0.15) is 12.2 Å². The number of fused-ring (bicyclic) bond motifs is 1. The predicted octanol–water partition coefficient (Wildman–Crippen LogP) is 2.29. The molecule has 2 saturated heterocycles. The normalized spacial score (nSPS) is 22.5. The first-order chi connectivity index (χ1) is 15.0. The summed E-state index contributed by atoms with van der Waals surface area (Å²) in [6.07, 6.45) is 2.43. The first-order valence-electron chi connectivity index (χ1n) is 10.7. The standard InChI is InChI=1S/C25H27N3O3/c1-17(2)6-5-7-18-9-11-19(12-10-18)24-21-14-27(15-23(30)28(21)22(24)16-29)25(31)20-8-3-4-13-26-20/h3-4,8-13,17,21-22,24,29H,6,14-16H2,1-2H3/t21-,22+,24+/m0/s1. The Labute approximate surface area is 182 Å². The number of hydrogen-bond acceptors (Lipinski definition) is 4. The van der Waals surface area contributed by atoms with Crippen LogP contribution in [0.1, 0.15) is 47.8 Å². The number of amides is 2. The van der Waals surface area contributed by atoms with E-state index in [1.165, 1.54) is 0 Å². The van der Waals surface area contributed by atoms with Crippen molar-refractivity contribution in [1.29, 1.82) is 0 Å². The molecule has 3 atom stereocenters. The molecule has 0 spiro atoms. The number of nitrogens with zero attached hydrogens (tertiary/aromatic N) is 3. The Bertz CT molecular complexity index is 1010. The molecule has 0 aliphatic carbocycles. The van der Waals surface area contributed by atoms with Crippen LogP contribution in [0.15, 0.2) is 48.7 Å². The van der Waals surface area contributed by atoms with Gasteiger partial charge in [-0.1, -0.05) is 43.9 Å². The minimum Gasteiger partial charge on any atom is -0.394 e. The predicted molar refractivity (Wildman–Crippen MR) is 117 cm³/mol. The lowest BCUT2D eigenvalue weighted by Crippen LogP contribution is -2.73. The summed E-state index contributed by atoms with van der Waals surface area (Å²) in [4.78, 5) is 33.0. The van der Waals surface area contributed by atoms with Gasteiger partial charge >= 0.3 is 0 Å². The first kappa shape index (κ1) is 21.1. The molecule has 2 fully saturated rings. The van der Waals surface area contributed by atoms with Gasteiger partial charge in [-0.05, 0) is 35.7 Å². The van der Waals surface area contributed by atoms with E-state index >= 15 is 0 Å². The molecule has 0 bridgehead atoms. The zero-order chi connectivity index (χ0) is 22.0. The van der Waals surface area contributed by atoms with Crippen LogP contribution >= 0.6 is 0 Å². The largest absolute Gasteiger partial charge is 0.394 e. The van der Waals surface area contributed by atoms with Gasteiger partial charge in [0.2, 0.25) is 5.91 Å². The lowest BCUT2D eigenvalue weighted by Gasteiger charge is -2.58. The van der Waals surface area contributed by atoms with Crippen LogP contribution in [-0.2, 0) is 4.79 Å². The number of carbonyl (C=O) groups excluding carboxylic acids is 2. The monoisotopic (exact) mass is 417 g/mol. The fourth-order valence-corrected chi connectivity index (χ4v) is 4.45. The fourth-order valence-electron chi connectivity index (χ4n) is 4.45. The molecular formula is C25H27N3O3. The molecule has 2 aliphatic rings. The highest BCUT2D eigenvalue weighted by molar-refractivity contribution is 5.96. The molecule has 31 heavy (non-hydrogen) atoms. The maximum atomic E-state index is 12.8. The summed E-state index contributed by atoms with van der Waals surface area (Å²) in [5.41, 5.74) is 2.34. The number of aromatic nitrogens is 1. The van der Waals surface area contributed by atoms with Crippen LogP contribution in [0.25, 0.3) is 0 Å². The van der Waals surface area contributed by atoms with Crippen LogP contribution in [0, 0.1) is 17.8 Å². The molecule has 2 aliphatic heterocycles. The van der Waals surface area contributed by atoms with Crippen LogP contribution in [0.5, 0.6) is 0 Å². The van der Waals surface area contributed by atoms with Crippen LogP contribution in [-0.4, -0.2) is 63.5 Å². The van der Waals surface area contributed by atoms with E-state index in [1.54, 1.807) is 34.2 Å². The zero-order valence-electron chi connectivity index (χ0n) is 17.9. The number of aliphatic hydroxyl groups excluding tert-OH is 1. The second-order valence-corrected chi connectivity index (χ2v) is 8.57. The van der Waals surface area contributed by atoms with E-state index in [1.807, 2.05) is 24.3 Å². The Morgan fingerprint density at radius 2 is 2.00 bits per heavy atom. The molecule has 2 amide bonds. The van der Waals surface area contributed by atoms with Crippen LogP contribution in [0.3, 0.4) is 0 Å². The van der Waals surface area contributed by atoms with Gasteiger partial charge in [0.05, 0.1) is 18.7 Å². The summed E-state index contributed by atoms with van der Waals surface area (Å²) in [7, 11) is 0. The molecule has 1 N–H and O–H groups in total. The van der Waals surface area contributed by atoms with Gasteiger partial charge in [-0.2, -0.15) is 0 Å². The summed E-state index contributed by atoms with van der Waals surface area (Å²) in [6.45, 7) is 4.62. The van der Waals surface area contributed by atoms with Crippen molar-refractivity contribution < 1.29 is 14.7 Å². The molecule has 2 aromatic rings. The van der Waals surface area contributed by atoms with Gasteiger partial charge < -0.3 is 14.9 Å². The van der Waals surface area contributed by atoms with Crippen molar-refractivity contribution in [2.24, 2.45) is 5.92 Å². The Morgan fingerprint density at radius 1 is 1.23 bits per heavy atom. The maximum Gasteiger partial charge on any atom is 0.272 e. The van der Waals surface area contributed by atoms with Crippen LogP contribution in [0.4, 0.5) is 0 Å². The molecule has 4 rings (SSSR count). The van der Waals surface area contributed by atoms with Gasteiger partial charge in [0, 0.05) is 30.6 Å². The van der Waals surface area contributed by atoms with Crippen LogP contribution < -0.4 is 0 Å². The fraction of sp³-hybridized carbons (Fsp3) is 0.400. The minimum absolute atomic E-state index is 0.0134. The second kappa shape index (κ2) is 8.91. The molecule has 160 valence electrons. The number of pyridine rings is 1. The van der Waals surface area contributed by atoms with E-state index in [0.29, 0.717) is 18.2 Å². The average molecular weight is 418 g/mol. The van der Waals surface area contributed by atoms with Crippen molar-refractivity contribution in [3.63, 3.8) is 0 Å².